The standard InChI is InChI=1S/C7H12O2.Na.H/c8-6-9-7-4-2-1-3-5-7;;/h6-7H,1-5H2;;. The summed E-state index contributed by atoms with van der Waals surface area (Å²) < 4.78 is 4.80. The first-order chi connectivity index (χ1) is 4.43. The minimum atomic E-state index is 0. The maximum absolute atomic E-state index is 9.85. The summed E-state index contributed by atoms with van der Waals surface area (Å²) >= 11 is 0. The van der Waals surface area contributed by atoms with Gasteiger partial charge in [-0.05, 0) is 25.7 Å². The molecule has 54 valence electrons. The number of ether oxygens (including phenoxy) is 1. The van der Waals surface area contributed by atoms with Gasteiger partial charge < -0.3 is 4.74 Å². The molecule has 0 radical (unpaired) electrons. The summed E-state index contributed by atoms with van der Waals surface area (Å²) in [5.74, 6) is 0. The van der Waals surface area contributed by atoms with Gasteiger partial charge in [0.15, 0.2) is 0 Å². The first kappa shape index (κ1) is 10.5. The topological polar surface area (TPSA) is 26.3 Å². The van der Waals surface area contributed by atoms with Crippen LogP contribution in [-0.4, -0.2) is 42.1 Å². The van der Waals surface area contributed by atoms with E-state index in [9.17, 15) is 4.79 Å². The molecule has 2 nitrogen and oxygen atoms in total. The van der Waals surface area contributed by atoms with Crippen LogP contribution in [0.3, 0.4) is 0 Å². The molecular weight excluding hydrogens is 139 g/mol. The Morgan fingerprint density at radius 1 is 1.20 bits per heavy atom. The summed E-state index contributed by atoms with van der Waals surface area (Å²) in [7, 11) is 0. The van der Waals surface area contributed by atoms with Gasteiger partial charge in [-0.15, -0.1) is 0 Å². The second-order valence-corrected chi connectivity index (χ2v) is 2.49. The van der Waals surface area contributed by atoms with E-state index >= 15 is 0 Å². The van der Waals surface area contributed by atoms with Crippen molar-refractivity contribution in [2.75, 3.05) is 0 Å². The van der Waals surface area contributed by atoms with Crippen LogP contribution in [0, 0.1) is 0 Å². The van der Waals surface area contributed by atoms with Crippen molar-refractivity contribution in [1.82, 2.24) is 0 Å². The fourth-order valence-electron chi connectivity index (χ4n) is 1.28. The molecule has 1 fully saturated rings. The Balaban J connectivity index is 0.000000810. The average molecular weight is 152 g/mol. The van der Waals surface area contributed by atoms with Gasteiger partial charge in [0.25, 0.3) is 6.47 Å². The van der Waals surface area contributed by atoms with Crippen LogP contribution >= 0.6 is 0 Å². The summed E-state index contributed by atoms with van der Waals surface area (Å²) in [5.41, 5.74) is 0. The van der Waals surface area contributed by atoms with Crippen molar-refractivity contribution < 1.29 is 9.53 Å². The van der Waals surface area contributed by atoms with Crippen LogP contribution in [0.4, 0.5) is 0 Å². The molecule has 0 saturated heterocycles. The van der Waals surface area contributed by atoms with Crippen LogP contribution in [-0.2, 0) is 9.53 Å². The maximum atomic E-state index is 9.85. The molecule has 1 saturated carbocycles. The van der Waals surface area contributed by atoms with Crippen molar-refractivity contribution in [2.24, 2.45) is 0 Å². The molecule has 10 heavy (non-hydrogen) atoms. The number of rotatable bonds is 2. The Bertz CT molecular complexity index is 89.6. The zero-order valence-corrected chi connectivity index (χ0v) is 5.51. The number of hydrogen-bond acceptors (Lipinski definition) is 2. The number of hydrogen-bond donors (Lipinski definition) is 0. The van der Waals surface area contributed by atoms with Crippen LogP contribution in [0.15, 0.2) is 0 Å². The van der Waals surface area contributed by atoms with E-state index in [1.54, 1.807) is 0 Å². The summed E-state index contributed by atoms with van der Waals surface area (Å²) in [6.45, 7) is 0.565. The van der Waals surface area contributed by atoms with E-state index in [2.05, 4.69) is 0 Å². The molecule has 1 rings (SSSR count). The van der Waals surface area contributed by atoms with Gasteiger partial charge in [-0.2, -0.15) is 0 Å². The van der Waals surface area contributed by atoms with Gasteiger partial charge in [0.05, 0.1) is 0 Å². The first-order valence-electron chi connectivity index (χ1n) is 3.52. The molecule has 0 heterocycles. The summed E-state index contributed by atoms with van der Waals surface area (Å²) in [6, 6.07) is 0. The molecular formula is C7H13NaO2. The second kappa shape index (κ2) is 6.20. The molecule has 0 N–H and O–H groups in total. The van der Waals surface area contributed by atoms with Gasteiger partial charge in [-0.25, -0.2) is 0 Å². The predicted octanol–water partition coefficient (Wildman–Crippen LogP) is 0.844. The fraction of sp³-hybridized carbons (Fsp3) is 0.857. The Kier molecular flexibility index (Phi) is 6.49. The van der Waals surface area contributed by atoms with Gasteiger partial charge in [-0.3, -0.25) is 4.79 Å². The minimum absolute atomic E-state index is 0. The average Bonchev–Trinajstić information content (AvgIpc) is 1.91. The Morgan fingerprint density at radius 2 is 1.80 bits per heavy atom. The Hall–Kier alpha value is 0.470. The van der Waals surface area contributed by atoms with E-state index < -0.39 is 0 Å². The monoisotopic (exact) mass is 152 g/mol. The van der Waals surface area contributed by atoms with Crippen LogP contribution in [0.5, 0.6) is 0 Å². The van der Waals surface area contributed by atoms with Crippen molar-refractivity contribution >= 4 is 36.0 Å². The number of carbonyl (C=O) groups excluding carboxylic acids is 1. The molecule has 0 aromatic carbocycles. The molecule has 1 aliphatic rings. The summed E-state index contributed by atoms with van der Waals surface area (Å²) in [6.07, 6.45) is 6.11. The van der Waals surface area contributed by atoms with Gasteiger partial charge in [0.1, 0.15) is 6.10 Å². The molecule has 0 aliphatic heterocycles. The zero-order valence-electron chi connectivity index (χ0n) is 5.51. The summed E-state index contributed by atoms with van der Waals surface area (Å²) in [4.78, 5) is 9.85. The van der Waals surface area contributed by atoms with Crippen molar-refractivity contribution in [2.45, 2.75) is 38.2 Å². The zero-order chi connectivity index (χ0) is 6.53. The van der Waals surface area contributed by atoms with Crippen LogP contribution < -0.4 is 0 Å². The van der Waals surface area contributed by atoms with E-state index in [0.29, 0.717) is 6.47 Å². The van der Waals surface area contributed by atoms with Gasteiger partial charge in [0.2, 0.25) is 0 Å². The van der Waals surface area contributed by atoms with Crippen LogP contribution in [0.2, 0.25) is 0 Å². The first-order valence-corrected chi connectivity index (χ1v) is 3.52. The van der Waals surface area contributed by atoms with E-state index in [0.717, 1.165) is 12.8 Å². The normalized spacial score (nSPS) is 19.2. The third-order valence-corrected chi connectivity index (χ3v) is 1.80. The van der Waals surface area contributed by atoms with E-state index in [4.69, 9.17) is 4.74 Å². The second-order valence-electron chi connectivity index (χ2n) is 2.49. The van der Waals surface area contributed by atoms with Gasteiger partial charge in [-0.1, -0.05) is 6.42 Å². The van der Waals surface area contributed by atoms with E-state index in [1.807, 2.05) is 0 Å². The molecule has 0 aromatic heterocycles. The Morgan fingerprint density at radius 3 is 2.30 bits per heavy atom. The van der Waals surface area contributed by atoms with Gasteiger partial charge in [0, 0.05) is 0 Å². The van der Waals surface area contributed by atoms with Crippen LogP contribution in [0.1, 0.15) is 32.1 Å². The molecule has 0 amide bonds. The Labute approximate surface area is 83.6 Å². The van der Waals surface area contributed by atoms with Crippen molar-refractivity contribution in [3.63, 3.8) is 0 Å². The number of carbonyl (C=O) groups is 1. The molecule has 3 heteroatoms. The molecule has 0 bridgehead atoms. The SMILES string of the molecule is O=COC1CCCCC1.[NaH]. The molecule has 0 unspecified atom stereocenters. The van der Waals surface area contributed by atoms with Gasteiger partial charge >= 0.3 is 29.6 Å². The molecule has 0 atom stereocenters. The van der Waals surface area contributed by atoms with E-state index in [-0.39, 0.29) is 35.7 Å². The molecule has 0 spiro atoms. The van der Waals surface area contributed by atoms with Crippen molar-refractivity contribution in [3.8, 4) is 0 Å². The summed E-state index contributed by atoms with van der Waals surface area (Å²) in [5, 5.41) is 0. The van der Waals surface area contributed by atoms with E-state index in [1.165, 1.54) is 19.3 Å². The quantitative estimate of drug-likeness (QED) is 0.433. The third-order valence-electron chi connectivity index (χ3n) is 1.80. The van der Waals surface area contributed by atoms with Crippen LogP contribution in [0.25, 0.3) is 0 Å². The third kappa shape index (κ3) is 3.59. The predicted molar refractivity (Wildman–Crippen MR) is 41.2 cm³/mol. The molecule has 1 aliphatic carbocycles. The fourth-order valence-corrected chi connectivity index (χ4v) is 1.28. The van der Waals surface area contributed by atoms with Crippen molar-refractivity contribution in [3.05, 3.63) is 0 Å². The van der Waals surface area contributed by atoms with Crippen molar-refractivity contribution in [1.29, 1.82) is 0 Å². The molecule has 0 aromatic rings.